The van der Waals surface area contributed by atoms with E-state index in [0.29, 0.717) is 0 Å². The molecule has 3 nitrogen and oxygen atoms in total. The maximum Gasteiger partial charge on any atom is 0.129 e. The Morgan fingerprint density at radius 3 is 2.59 bits per heavy atom. The number of nitrogens with zero attached hydrogens (tertiary/aromatic N) is 3. The number of halogens is 1. The van der Waals surface area contributed by atoms with Gasteiger partial charge in [-0.25, -0.2) is 4.98 Å². The molecule has 4 heteroatoms. The Labute approximate surface area is 110 Å². The van der Waals surface area contributed by atoms with E-state index >= 15 is 0 Å². The Morgan fingerprint density at radius 2 is 1.88 bits per heavy atom. The van der Waals surface area contributed by atoms with Crippen molar-refractivity contribution in [2.45, 2.75) is 13.5 Å². The molecule has 17 heavy (non-hydrogen) atoms. The van der Waals surface area contributed by atoms with Gasteiger partial charge in [-0.2, -0.15) is 0 Å². The first kappa shape index (κ1) is 12.0. The van der Waals surface area contributed by atoms with Gasteiger partial charge < -0.3 is 4.90 Å². The number of aryl methyl sites for hydroxylation is 1. The summed E-state index contributed by atoms with van der Waals surface area (Å²) in [6.07, 6.45) is 0. The molecule has 0 aliphatic rings. The van der Waals surface area contributed by atoms with E-state index in [0.717, 1.165) is 28.4 Å². The highest BCUT2D eigenvalue weighted by atomic mass is 79.9. The molecule has 0 saturated carbocycles. The molecule has 0 spiro atoms. The normalized spacial score (nSPS) is 10.3. The molecule has 0 amide bonds. The van der Waals surface area contributed by atoms with Gasteiger partial charge in [0.05, 0.1) is 12.2 Å². The number of rotatable bonds is 3. The van der Waals surface area contributed by atoms with Crippen LogP contribution in [-0.2, 0) is 6.54 Å². The summed E-state index contributed by atoms with van der Waals surface area (Å²) in [5.74, 6) is 0.933. The molecule has 2 rings (SSSR count). The van der Waals surface area contributed by atoms with Crippen molar-refractivity contribution in [1.82, 2.24) is 9.97 Å². The molecule has 0 N–H and O–H groups in total. The fourth-order valence-electron chi connectivity index (χ4n) is 1.62. The first-order valence-electron chi connectivity index (χ1n) is 5.41. The molecule has 0 unspecified atom stereocenters. The first-order chi connectivity index (χ1) is 8.15. The smallest absolute Gasteiger partial charge is 0.129 e. The predicted octanol–water partition coefficient (Wildman–Crippen LogP) is 3.18. The van der Waals surface area contributed by atoms with Gasteiger partial charge >= 0.3 is 0 Å². The van der Waals surface area contributed by atoms with Crippen LogP contribution in [0.4, 0.5) is 5.82 Å². The minimum Gasteiger partial charge on any atom is -0.354 e. The lowest BCUT2D eigenvalue weighted by Gasteiger charge is -2.17. The van der Waals surface area contributed by atoms with Gasteiger partial charge in [0.1, 0.15) is 10.4 Å². The zero-order valence-electron chi connectivity index (χ0n) is 9.89. The van der Waals surface area contributed by atoms with Crippen molar-refractivity contribution in [3.8, 4) is 0 Å². The van der Waals surface area contributed by atoms with Crippen LogP contribution in [0.1, 0.15) is 11.4 Å². The van der Waals surface area contributed by atoms with Crippen molar-refractivity contribution in [1.29, 1.82) is 0 Å². The van der Waals surface area contributed by atoms with Crippen molar-refractivity contribution in [2.75, 3.05) is 11.9 Å². The van der Waals surface area contributed by atoms with Gasteiger partial charge in [-0.1, -0.05) is 12.1 Å². The van der Waals surface area contributed by atoms with Crippen molar-refractivity contribution < 1.29 is 0 Å². The minimum atomic E-state index is 0.755. The molecule has 0 atom stereocenters. The largest absolute Gasteiger partial charge is 0.354 e. The molecule has 0 radical (unpaired) electrons. The van der Waals surface area contributed by atoms with E-state index in [9.17, 15) is 0 Å². The third-order valence-corrected chi connectivity index (χ3v) is 2.88. The van der Waals surface area contributed by atoms with Crippen LogP contribution in [0, 0.1) is 6.92 Å². The van der Waals surface area contributed by atoms with E-state index in [-0.39, 0.29) is 0 Å². The molecule has 0 aliphatic heterocycles. The maximum atomic E-state index is 4.48. The molecular weight excluding hydrogens is 278 g/mol. The van der Waals surface area contributed by atoms with E-state index in [1.807, 2.05) is 50.4 Å². The zero-order valence-corrected chi connectivity index (χ0v) is 11.5. The van der Waals surface area contributed by atoms with E-state index in [2.05, 4.69) is 30.8 Å². The van der Waals surface area contributed by atoms with Gasteiger partial charge in [0, 0.05) is 12.7 Å². The van der Waals surface area contributed by atoms with Gasteiger partial charge in [0.25, 0.3) is 0 Å². The monoisotopic (exact) mass is 291 g/mol. The Balaban J connectivity index is 2.14. The van der Waals surface area contributed by atoms with Crippen LogP contribution in [0.25, 0.3) is 0 Å². The van der Waals surface area contributed by atoms with Gasteiger partial charge in [0.15, 0.2) is 0 Å². The molecule has 0 aliphatic carbocycles. The average Bonchev–Trinajstić information content (AvgIpc) is 2.29. The average molecular weight is 292 g/mol. The second kappa shape index (κ2) is 5.27. The molecular formula is C13H14BrN3. The molecule has 88 valence electrons. The predicted molar refractivity (Wildman–Crippen MR) is 73.0 cm³/mol. The highest BCUT2D eigenvalue weighted by Gasteiger charge is 2.04. The number of hydrogen-bond acceptors (Lipinski definition) is 3. The lowest BCUT2D eigenvalue weighted by atomic mass is 10.3. The van der Waals surface area contributed by atoms with Crippen LogP contribution in [0.3, 0.4) is 0 Å². The SMILES string of the molecule is Cc1cccc(CN(C)c2cccc(Br)n2)n1. The lowest BCUT2D eigenvalue weighted by molar-refractivity contribution is 0.857. The standard InChI is InChI=1S/C13H14BrN3/c1-10-5-3-6-11(15-10)9-17(2)13-8-4-7-12(14)16-13/h3-8H,9H2,1-2H3. The molecule has 2 heterocycles. The van der Waals surface area contributed by atoms with Crippen molar-refractivity contribution in [3.05, 3.63) is 52.4 Å². The summed E-state index contributed by atoms with van der Waals surface area (Å²) in [4.78, 5) is 11.0. The summed E-state index contributed by atoms with van der Waals surface area (Å²) in [5.41, 5.74) is 2.09. The molecule has 0 saturated heterocycles. The van der Waals surface area contributed by atoms with Gasteiger partial charge in [-0.15, -0.1) is 0 Å². The Bertz CT molecular complexity index is 514. The van der Waals surface area contributed by atoms with Crippen LogP contribution < -0.4 is 4.90 Å². The van der Waals surface area contributed by atoms with Gasteiger partial charge in [0.2, 0.25) is 0 Å². The van der Waals surface area contributed by atoms with E-state index < -0.39 is 0 Å². The quantitative estimate of drug-likeness (QED) is 0.814. The third kappa shape index (κ3) is 3.27. The highest BCUT2D eigenvalue weighted by molar-refractivity contribution is 9.10. The van der Waals surface area contributed by atoms with Gasteiger partial charge in [-0.3, -0.25) is 4.98 Å². The first-order valence-corrected chi connectivity index (χ1v) is 6.21. The third-order valence-electron chi connectivity index (χ3n) is 2.44. The van der Waals surface area contributed by atoms with Gasteiger partial charge in [-0.05, 0) is 47.1 Å². The summed E-state index contributed by atoms with van der Waals surface area (Å²) in [7, 11) is 2.01. The minimum absolute atomic E-state index is 0.755. The van der Waals surface area contributed by atoms with E-state index in [4.69, 9.17) is 0 Å². The summed E-state index contributed by atoms with van der Waals surface area (Å²) >= 11 is 3.37. The van der Waals surface area contributed by atoms with Crippen LogP contribution >= 0.6 is 15.9 Å². The second-order valence-electron chi connectivity index (χ2n) is 3.94. The highest BCUT2D eigenvalue weighted by Crippen LogP contribution is 2.15. The Morgan fingerprint density at radius 1 is 1.12 bits per heavy atom. The van der Waals surface area contributed by atoms with Crippen LogP contribution in [0.15, 0.2) is 41.0 Å². The Kier molecular flexibility index (Phi) is 3.74. The summed E-state index contributed by atoms with van der Waals surface area (Å²) < 4.78 is 0.846. The Hall–Kier alpha value is -1.42. The molecule has 0 aromatic carbocycles. The summed E-state index contributed by atoms with van der Waals surface area (Å²) in [5, 5.41) is 0. The van der Waals surface area contributed by atoms with Crippen molar-refractivity contribution in [2.24, 2.45) is 0 Å². The molecule has 0 bridgehead atoms. The number of hydrogen-bond donors (Lipinski definition) is 0. The topological polar surface area (TPSA) is 29.0 Å². The number of pyridine rings is 2. The fourth-order valence-corrected chi connectivity index (χ4v) is 1.96. The summed E-state index contributed by atoms with van der Waals surface area (Å²) in [6, 6.07) is 11.9. The molecule has 2 aromatic heterocycles. The van der Waals surface area contributed by atoms with Crippen LogP contribution in [-0.4, -0.2) is 17.0 Å². The molecule has 2 aromatic rings. The summed E-state index contributed by atoms with van der Waals surface area (Å²) in [6.45, 7) is 2.76. The zero-order chi connectivity index (χ0) is 12.3. The second-order valence-corrected chi connectivity index (χ2v) is 4.76. The van der Waals surface area contributed by atoms with E-state index in [1.165, 1.54) is 0 Å². The maximum absolute atomic E-state index is 4.48. The van der Waals surface area contributed by atoms with Crippen LogP contribution in [0.2, 0.25) is 0 Å². The fraction of sp³-hybridized carbons (Fsp3) is 0.231. The number of aromatic nitrogens is 2. The number of anilines is 1. The van der Waals surface area contributed by atoms with Crippen molar-refractivity contribution in [3.63, 3.8) is 0 Å². The lowest BCUT2D eigenvalue weighted by Crippen LogP contribution is -2.18. The van der Waals surface area contributed by atoms with Crippen molar-refractivity contribution >= 4 is 21.7 Å². The van der Waals surface area contributed by atoms with E-state index in [1.54, 1.807) is 0 Å². The van der Waals surface area contributed by atoms with Crippen LogP contribution in [0.5, 0.6) is 0 Å². The molecule has 0 fully saturated rings.